The highest BCUT2D eigenvalue weighted by atomic mass is 16.6. The van der Waals surface area contributed by atoms with Gasteiger partial charge in [0.2, 0.25) is 0 Å². The van der Waals surface area contributed by atoms with Gasteiger partial charge in [-0.2, -0.15) is 0 Å². The number of rotatable bonds is 0. The zero-order valence-corrected chi connectivity index (χ0v) is 9.30. The van der Waals surface area contributed by atoms with E-state index in [1.54, 1.807) is 4.90 Å². The van der Waals surface area contributed by atoms with Crippen LogP contribution in [0.25, 0.3) is 0 Å². The van der Waals surface area contributed by atoms with E-state index in [0.717, 1.165) is 6.42 Å². The molecule has 1 N–H and O–H groups in total. The molecule has 2 saturated heterocycles. The fraction of sp³-hybridized carbons (Fsp3) is 0.909. The Morgan fingerprint density at radius 3 is 2.47 bits per heavy atom. The summed E-state index contributed by atoms with van der Waals surface area (Å²) in [5.74, 6) is 0.903. The maximum Gasteiger partial charge on any atom is 0.410 e. The molecule has 2 heterocycles. The molecule has 4 bridgehead atoms. The second kappa shape index (κ2) is 2.48. The van der Waals surface area contributed by atoms with Crippen LogP contribution in [0.2, 0.25) is 0 Å². The highest BCUT2D eigenvalue weighted by Gasteiger charge is 2.74. The van der Waals surface area contributed by atoms with Crippen LogP contribution in [0.5, 0.6) is 0 Å². The smallest absolute Gasteiger partial charge is 0.410 e. The van der Waals surface area contributed by atoms with Gasteiger partial charge in [-0.3, -0.25) is 4.90 Å². The maximum atomic E-state index is 11.9. The molecule has 84 valence electrons. The summed E-state index contributed by atoms with van der Waals surface area (Å²) in [5, 5.41) is 9.82. The van der Waals surface area contributed by atoms with E-state index in [4.69, 9.17) is 4.74 Å². The summed E-state index contributed by atoms with van der Waals surface area (Å²) in [5.41, 5.74) is -0.445. The van der Waals surface area contributed by atoms with Crippen molar-refractivity contribution in [3.8, 4) is 0 Å². The van der Waals surface area contributed by atoms with Gasteiger partial charge in [0.15, 0.2) is 0 Å². The molecule has 1 amide bonds. The minimum atomic E-state index is -0.445. The second-order valence-electron chi connectivity index (χ2n) is 5.91. The molecule has 4 rings (SSSR count). The van der Waals surface area contributed by atoms with Crippen LogP contribution in [0.1, 0.15) is 27.2 Å². The Hall–Kier alpha value is -0.770. The number of carbonyl (C=O) groups is 1. The van der Waals surface area contributed by atoms with Gasteiger partial charge in [-0.15, -0.1) is 0 Å². The SMILES string of the molecule is CC(C)(C)OC(=O)N1[C@@H]2C3C[C@@H]1C(O)C32. The average molecular weight is 211 g/mol. The van der Waals surface area contributed by atoms with Crippen molar-refractivity contribution in [2.75, 3.05) is 0 Å². The Balaban J connectivity index is 1.73. The van der Waals surface area contributed by atoms with Gasteiger partial charge in [-0.25, -0.2) is 4.79 Å². The van der Waals surface area contributed by atoms with Crippen LogP contribution in [0.15, 0.2) is 0 Å². The largest absolute Gasteiger partial charge is 0.444 e. The fourth-order valence-corrected chi connectivity index (χ4v) is 3.27. The zero-order valence-electron chi connectivity index (χ0n) is 9.30. The average Bonchev–Trinajstić information content (AvgIpc) is 2.41. The number of ether oxygens (including phenoxy) is 1. The van der Waals surface area contributed by atoms with Gasteiger partial charge >= 0.3 is 6.09 Å². The van der Waals surface area contributed by atoms with Gasteiger partial charge in [0.25, 0.3) is 0 Å². The number of piperidine rings is 2. The second-order valence-corrected chi connectivity index (χ2v) is 5.91. The van der Waals surface area contributed by atoms with E-state index in [0.29, 0.717) is 11.8 Å². The molecule has 0 aromatic heterocycles. The van der Waals surface area contributed by atoms with Gasteiger partial charge in [-0.1, -0.05) is 0 Å². The Labute approximate surface area is 89.2 Å². The lowest BCUT2D eigenvalue weighted by Gasteiger charge is -2.27. The van der Waals surface area contributed by atoms with Crippen molar-refractivity contribution in [2.45, 2.75) is 51.0 Å². The van der Waals surface area contributed by atoms with Gasteiger partial charge in [0.05, 0.1) is 12.1 Å². The standard InChI is InChI=1S/C11H17NO3/c1-11(2,3)15-10(14)12-6-4-5-7(8(5)12)9(6)13/h5-9,13H,4H2,1-3H3/t5?,6-,7?,8-,9?/m1/s1. The van der Waals surface area contributed by atoms with E-state index in [-0.39, 0.29) is 24.3 Å². The highest BCUT2D eigenvalue weighted by Crippen LogP contribution is 2.64. The molecule has 5 atom stereocenters. The van der Waals surface area contributed by atoms with Crippen LogP contribution in [-0.2, 0) is 4.74 Å². The van der Waals surface area contributed by atoms with Crippen LogP contribution in [0.4, 0.5) is 4.79 Å². The maximum absolute atomic E-state index is 11.9. The molecule has 4 nitrogen and oxygen atoms in total. The molecule has 2 aliphatic carbocycles. The molecule has 2 saturated carbocycles. The van der Waals surface area contributed by atoms with E-state index >= 15 is 0 Å². The predicted molar refractivity (Wildman–Crippen MR) is 53.3 cm³/mol. The number of hydrogen-bond acceptors (Lipinski definition) is 3. The number of aliphatic hydroxyl groups is 1. The number of aliphatic hydroxyl groups excluding tert-OH is 1. The number of amides is 1. The first-order valence-electron chi connectivity index (χ1n) is 5.59. The third-order valence-corrected chi connectivity index (χ3v) is 3.77. The van der Waals surface area contributed by atoms with Crippen molar-refractivity contribution in [3.63, 3.8) is 0 Å². The molecule has 0 aromatic carbocycles. The molecule has 2 aliphatic heterocycles. The predicted octanol–water partition coefficient (Wildman–Crippen LogP) is 0.985. The Bertz CT molecular complexity index is 322. The number of carbonyl (C=O) groups excluding carboxylic acids is 1. The monoisotopic (exact) mass is 211 g/mol. The summed E-state index contributed by atoms with van der Waals surface area (Å²) in [6.45, 7) is 5.60. The van der Waals surface area contributed by atoms with Gasteiger partial charge < -0.3 is 9.84 Å². The van der Waals surface area contributed by atoms with Crippen molar-refractivity contribution in [1.82, 2.24) is 4.90 Å². The molecular formula is C11H17NO3. The number of nitrogens with zero attached hydrogens (tertiary/aromatic N) is 1. The Morgan fingerprint density at radius 1 is 1.47 bits per heavy atom. The van der Waals surface area contributed by atoms with E-state index in [1.807, 2.05) is 20.8 Å². The van der Waals surface area contributed by atoms with Gasteiger partial charge in [-0.05, 0) is 33.1 Å². The summed E-state index contributed by atoms with van der Waals surface area (Å²) in [6.07, 6.45) is 0.419. The van der Waals surface area contributed by atoms with Crippen molar-refractivity contribution in [1.29, 1.82) is 0 Å². The summed E-state index contributed by atoms with van der Waals surface area (Å²) < 4.78 is 5.34. The van der Waals surface area contributed by atoms with Crippen LogP contribution in [-0.4, -0.2) is 39.9 Å². The van der Waals surface area contributed by atoms with E-state index in [2.05, 4.69) is 0 Å². The lowest BCUT2D eigenvalue weighted by molar-refractivity contribution is 0.0163. The van der Waals surface area contributed by atoms with Crippen LogP contribution in [0.3, 0.4) is 0 Å². The molecule has 0 aromatic rings. The lowest BCUT2D eigenvalue weighted by atomic mass is 10.2. The van der Waals surface area contributed by atoms with Crippen molar-refractivity contribution < 1.29 is 14.6 Å². The van der Waals surface area contributed by atoms with E-state index in [9.17, 15) is 9.90 Å². The fourth-order valence-electron chi connectivity index (χ4n) is 3.27. The summed E-state index contributed by atoms with van der Waals surface area (Å²) in [7, 11) is 0. The van der Waals surface area contributed by atoms with Crippen molar-refractivity contribution in [2.24, 2.45) is 11.8 Å². The van der Waals surface area contributed by atoms with Gasteiger partial charge in [0.1, 0.15) is 5.60 Å². The minimum absolute atomic E-state index is 0.0276. The lowest BCUT2D eigenvalue weighted by Crippen LogP contribution is -2.41. The summed E-state index contributed by atoms with van der Waals surface area (Å²) in [6, 6.07) is 0.305. The van der Waals surface area contributed by atoms with E-state index < -0.39 is 5.60 Å². The van der Waals surface area contributed by atoms with Crippen LogP contribution in [0, 0.1) is 11.8 Å². The third kappa shape index (κ3) is 1.14. The molecular weight excluding hydrogens is 194 g/mol. The topological polar surface area (TPSA) is 49.8 Å². The van der Waals surface area contributed by atoms with Gasteiger partial charge in [0, 0.05) is 12.0 Å². The summed E-state index contributed by atoms with van der Waals surface area (Å²) in [4.78, 5) is 13.6. The first-order valence-corrected chi connectivity index (χ1v) is 5.59. The van der Waals surface area contributed by atoms with E-state index in [1.165, 1.54) is 0 Å². The zero-order chi connectivity index (χ0) is 11.0. The molecule has 4 aliphatic rings. The molecule has 0 spiro atoms. The first kappa shape index (κ1) is 9.46. The molecule has 15 heavy (non-hydrogen) atoms. The highest BCUT2D eigenvalue weighted by molar-refractivity contribution is 5.72. The van der Waals surface area contributed by atoms with Crippen LogP contribution < -0.4 is 0 Å². The third-order valence-electron chi connectivity index (χ3n) is 3.77. The minimum Gasteiger partial charge on any atom is -0.444 e. The quantitative estimate of drug-likeness (QED) is 0.650. The van der Waals surface area contributed by atoms with Crippen LogP contribution >= 0.6 is 0 Å². The molecule has 4 heteroatoms. The molecule has 3 unspecified atom stereocenters. The first-order chi connectivity index (χ1) is 6.90. The van der Waals surface area contributed by atoms with Crippen molar-refractivity contribution >= 4 is 6.09 Å². The molecule has 4 fully saturated rings. The summed E-state index contributed by atoms with van der Waals surface area (Å²) >= 11 is 0. The Morgan fingerprint density at radius 2 is 2.13 bits per heavy atom. The van der Waals surface area contributed by atoms with Crippen molar-refractivity contribution in [3.05, 3.63) is 0 Å². The number of hydrogen-bond donors (Lipinski definition) is 1. The normalized spacial score (nSPS) is 45.9. The molecule has 0 radical (unpaired) electrons. The Kier molecular flexibility index (Phi) is 1.57.